The lowest BCUT2D eigenvalue weighted by Gasteiger charge is -2.40. The molecule has 32 heavy (non-hydrogen) atoms. The third-order valence-corrected chi connectivity index (χ3v) is 5.67. The molecule has 0 bridgehead atoms. The fourth-order valence-corrected chi connectivity index (χ4v) is 4.80. The molecule has 0 amide bonds. The van der Waals surface area contributed by atoms with Crippen LogP contribution in [-0.4, -0.2) is 24.1 Å². The first-order chi connectivity index (χ1) is 14.1. The summed E-state index contributed by atoms with van der Waals surface area (Å²) in [4.78, 5) is 26.8. The number of ether oxygens (including phenoxy) is 2. The van der Waals surface area contributed by atoms with E-state index in [9.17, 15) is 9.59 Å². The standard InChI is InChI=1S/C28H46O4/c1-17-15-19(21(29)31-23(25(3,4)5)26(6,7)8)20(16-18(17)2)22(30)32-24(27(9,10)11)28(12,13)14/h15-16,23-24H,1-14H3. The monoisotopic (exact) mass is 446 g/mol. The molecule has 1 aromatic carbocycles. The number of benzene rings is 1. The van der Waals surface area contributed by atoms with Crippen LogP contribution in [0.2, 0.25) is 0 Å². The Balaban J connectivity index is 3.47. The number of hydrogen-bond donors (Lipinski definition) is 0. The van der Waals surface area contributed by atoms with E-state index in [1.54, 1.807) is 12.1 Å². The van der Waals surface area contributed by atoms with Gasteiger partial charge in [0.2, 0.25) is 0 Å². The van der Waals surface area contributed by atoms with Crippen molar-refractivity contribution in [1.29, 1.82) is 0 Å². The molecule has 0 saturated heterocycles. The molecule has 0 aliphatic carbocycles. The van der Waals surface area contributed by atoms with Gasteiger partial charge >= 0.3 is 11.9 Å². The fourth-order valence-electron chi connectivity index (χ4n) is 4.80. The predicted molar refractivity (Wildman–Crippen MR) is 132 cm³/mol. The largest absolute Gasteiger partial charge is 0.458 e. The summed E-state index contributed by atoms with van der Waals surface area (Å²) in [5.74, 6) is -0.976. The molecule has 0 saturated carbocycles. The molecule has 1 aromatic rings. The summed E-state index contributed by atoms with van der Waals surface area (Å²) in [6.45, 7) is 28.6. The molecule has 0 fully saturated rings. The van der Waals surface area contributed by atoms with Crippen molar-refractivity contribution in [2.75, 3.05) is 0 Å². The molecule has 4 heteroatoms. The van der Waals surface area contributed by atoms with E-state index in [2.05, 4.69) is 83.1 Å². The first-order valence-electron chi connectivity index (χ1n) is 11.6. The van der Waals surface area contributed by atoms with Crippen LogP contribution in [-0.2, 0) is 9.47 Å². The van der Waals surface area contributed by atoms with E-state index in [4.69, 9.17) is 9.47 Å². The van der Waals surface area contributed by atoms with Crippen LogP contribution in [0.3, 0.4) is 0 Å². The molecule has 0 aliphatic rings. The molecule has 0 aliphatic heterocycles. The molecule has 1 rings (SSSR count). The molecule has 0 N–H and O–H groups in total. The van der Waals surface area contributed by atoms with Gasteiger partial charge in [-0.1, -0.05) is 83.1 Å². The van der Waals surface area contributed by atoms with Gasteiger partial charge in [0.05, 0.1) is 11.1 Å². The Hall–Kier alpha value is -1.84. The lowest BCUT2D eigenvalue weighted by Crippen LogP contribution is -2.43. The number of rotatable bonds is 4. The average Bonchev–Trinajstić information content (AvgIpc) is 2.54. The Bertz CT molecular complexity index is 737. The molecule has 0 spiro atoms. The van der Waals surface area contributed by atoms with Gasteiger partial charge in [0.25, 0.3) is 0 Å². The summed E-state index contributed by atoms with van der Waals surface area (Å²) < 4.78 is 12.1. The minimum absolute atomic E-state index is 0.252. The van der Waals surface area contributed by atoms with E-state index >= 15 is 0 Å². The Morgan fingerprint density at radius 1 is 0.562 bits per heavy atom. The minimum Gasteiger partial charge on any atom is -0.458 e. The van der Waals surface area contributed by atoms with Crippen molar-refractivity contribution in [2.45, 2.75) is 109 Å². The summed E-state index contributed by atoms with van der Waals surface area (Å²) >= 11 is 0. The summed E-state index contributed by atoms with van der Waals surface area (Å²) in [6.07, 6.45) is -0.658. The maximum absolute atomic E-state index is 13.4. The van der Waals surface area contributed by atoms with Crippen LogP contribution >= 0.6 is 0 Å². The third kappa shape index (κ3) is 7.08. The second-order valence-corrected chi connectivity index (χ2v) is 13.5. The molecular weight excluding hydrogens is 400 g/mol. The van der Waals surface area contributed by atoms with Crippen LogP contribution in [0, 0.1) is 35.5 Å². The Morgan fingerprint density at radius 3 is 0.969 bits per heavy atom. The second kappa shape index (κ2) is 9.19. The van der Waals surface area contributed by atoms with Crippen molar-refractivity contribution in [2.24, 2.45) is 21.7 Å². The van der Waals surface area contributed by atoms with Crippen molar-refractivity contribution in [3.8, 4) is 0 Å². The average molecular weight is 447 g/mol. The van der Waals surface area contributed by atoms with Gasteiger partial charge in [-0.3, -0.25) is 0 Å². The predicted octanol–water partition coefficient (Wildman–Crippen LogP) is 7.54. The Morgan fingerprint density at radius 2 is 0.781 bits per heavy atom. The minimum atomic E-state index is -0.488. The van der Waals surface area contributed by atoms with E-state index < -0.39 is 11.9 Å². The van der Waals surface area contributed by atoms with E-state index in [0.29, 0.717) is 0 Å². The zero-order valence-electron chi connectivity index (χ0n) is 22.9. The van der Waals surface area contributed by atoms with Gasteiger partial charge in [0.1, 0.15) is 12.2 Å². The van der Waals surface area contributed by atoms with Crippen molar-refractivity contribution in [3.63, 3.8) is 0 Å². The number of carbonyl (C=O) groups is 2. The maximum Gasteiger partial charge on any atom is 0.339 e. The SMILES string of the molecule is Cc1cc(C(=O)OC(C(C)(C)C)C(C)(C)C)c(C(=O)OC(C(C)(C)C)C(C)(C)C)cc1C. The van der Waals surface area contributed by atoms with Gasteiger partial charge in [-0.2, -0.15) is 0 Å². The Kier molecular flexibility index (Phi) is 8.10. The number of carbonyl (C=O) groups excluding carboxylic acids is 2. The van der Waals surface area contributed by atoms with Crippen molar-refractivity contribution in [3.05, 3.63) is 34.4 Å². The highest BCUT2D eigenvalue weighted by Gasteiger charge is 2.41. The van der Waals surface area contributed by atoms with Gasteiger partial charge in [-0.15, -0.1) is 0 Å². The highest BCUT2D eigenvalue weighted by molar-refractivity contribution is 6.03. The lowest BCUT2D eigenvalue weighted by molar-refractivity contribution is -0.0542. The number of hydrogen-bond acceptors (Lipinski definition) is 4. The van der Waals surface area contributed by atoms with E-state index in [-0.39, 0.29) is 45.0 Å². The quantitative estimate of drug-likeness (QED) is 0.448. The summed E-state index contributed by atoms with van der Waals surface area (Å²) in [5, 5.41) is 0. The van der Waals surface area contributed by atoms with Crippen LogP contribution in [0.4, 0.5) is 0 Å². The zero-order valence-corrected chi connectivity index (χ0v) is 22.9. The fraction of sp³-hybridized carbons (Fsp3) is 0.714. The topological polar surface area (TPSA) is 52.6 Å². The van der Waals surface area contributed by atoms with Gasteiger partial charge in [0.15, 0.2) is 0 Å². The van der Waals surface area contributed by atoms with Crippen molar-refractivity contribution >= 4 is 11.9 Å². The van der Waals surface area contributed by atoms with Gasteiger partial charge < -0.3 is 9.47 Å². The first kappa shape index (κ1) is 28.2. The summed E-state index contributed by atoms with van der Waals surface area (Å²) in [6, 6.07) is 3.50. The summed E-state index contributed by atoms with van der Waals surface area (Å²) in [7, 11) is 0. The number of esters is 2. The molecule has 0 unspecified atom stereocenters. The van der Waals surface area contributed by atoms with Gasteiger partial charge in [-0.25, -0.2) is 9.59 Å². The first-order valence-corrected chi connectivity index (χ1v) is 11.6. The molecule has 0 heterocycles. The Labute approximate surface area is 196 Å². The lowest BCUT2D eigenvalue weighted by atomic mass is 9.74. The van der Waals surface area contributed by atoms with E-state index in [0.717, 1.165) is 11.1 Å². The molecule has 4 nitrogen and oxygen atoms in total. The molecule has 0 atom stereocenters. The second-order valence-electron chi connectivity index (χ2n) is 13.5. The normalized spacial score (nSPS) is 13.5. The van der Waals surface area contributed by atoms with Gasteiger partial charge in [0, 0.05) is 0 Å². The molecule has 0 radical (unpaired) electrons. The summed E-state index contributed by atoms with van der Waals surface area (Å²) in [5.41, 5.74) is 1.38. The smallest absolute Gasteiger partial charge is 0.339 e. The van der Waals surface area contributed by atoms with Crippen LogP contribution in [0.1, 0.15) is 115 Å². The van der Waals surface area contributed by atoms with Crippen LogP contribution < -0.4 is 0 Å². The molecule has 182 valence electrons. The van der Waals surface area contributed by atoms with Crippen LogP contribution in [0.15, 0.2) is 12.1 Å². The maximum atomic E-state index is 13.4. The van der Waals surface area contributed by atoms with E-state index in [1.807, 2.05) is 13.8 Å². The van der Waals surface area contributed by atoms with Crippen LogP contribution in [0.25, 0.3) is 0 Å². The van der Waals surface area contributed by atoms with Crippen molar-refractivity contribution < 1.29 is 19.1 Å². The molecular formula is C28H46O4. The highest BCUT2D eigenvalue weighted by Crippen LogP contribution is 2.38. The van der Waals surface area contributed by atoms with Crippen molar-refractivity contribution in [1.82, 2.24) is 0 Å². The van der Waals surface area contributed by atoms with E-state index in [1.165, 1.54) is 0 Å². The molecule has 0 aromatic heterocycles. The highest BCUT2D eigenvalue weighted by atomic mass is 16.6. The van der Waals surface area contributed by atoms with Gasteiger partial charge in [-0.05, 0) is 58.8 Å². The number of aryl methyl sites for hydroxylation is 2. The zero-order chi connectivity index (χ0) is 25.4. The van der Waals surface area contributed by atoms with Crippen LogP contribution in [0.5, 0.6) is 0 Å². The third-order valence-electron chi connectivity index (χ3n) is 5.67.